The zero-order chi connectivity index (χ0) is 20.3. The molecular formula is C27H27ClN2. The molecule has 2 bridgehead atoms. The largest absolute Gasteiger partial charge is 0.297 e. The van der Waals surface area contributed by atoms with Crippen LogP contribution >= 0.6 is 11.6 Å². The Hall–Kier alpha value is -2.42. The van der Waals surface area contributed by atoms with E-state index >= 15 is 0 Å². The van der Waals surface area contributed by atoms with E-state index in [1.807, 2.05) is 30.5 Å². The Morgan fingerprint density at radius 1 is 0.800 bits per heavy atom. The van der Waals surface area contributed by atoms with Gasteiger partial charge in [-0.25, -0.2) is 0 Å². The minimum atomic E-state index is 0.272. The average Bonchev–Trinajstić information content (AvgIpc) is 2.81. The van der Waals surface area contributed by atoms with Crippen molar-refractivity contribution in [3.8, 4) is 0 Å². The third-order valence-electron chi connectivity index (χ3n) is 6.78. The van der Waals surface area contributed by atoms with Crippen LogP contribution in [0.4, 0.5) is 0 Å². The van der Waals surface area contributed by atoms with Gasteiger partial charge in [0.25, 0.3) is 0 Å². The summed E-state index contributed by atoms with van der Waals surface area (Å²) in [5.41, 5.74) is 3.75. The Bertz CT molecular complexity index is 954. The van der Waals surface area contributed by atoms with E-state index in [4.69, 9.17) is 16.6 Å². The molecule has 3 saturated heterocycles. The molecule has 0 radical (unpaired) electrons. The van der Waals surface area contributed by atoms with Gasteiger partial charge in [0.05, 0.1) is 6.04 Å². The molecule has 0 amide bonds. The zero-order valence-electron chi connectivity index (χ0n) is 17.1. The van der Waals surface area contributed by atoms with E-state index in [-0.39, 0.29) is 6.04 Å². The van der Waals surface area contributed by atoms with Gasteiger partial charge in [-0.1, -0.05) is 90.5 Å². The molecule has 3 aliphatic rings. The molecule has 6 rings (SSSR count). The lowest BCUT2D eigenvalue weighted by atomic mass is 9.71. The summed E-state index contributed by atoms with van der Waals surface area (Å²) in [6, 6.07) is 30.5. The summed E-state index contributed by atoms with van der Waals surface area (Å²) in [7, 11) is 0. The van der Waals surface area contributed by atoms with Crippen molar-refractivity contribution in [1.82, 2.24) is 4.90 Å². The van der Waals surface area contributed by atoms with Crippen molar-refractivity contribution in [2.45, 2.75) is 30.8 Å². The van der Waals surface area contributed by atoms with Crippen LogP contribution in [0.1, 0.15) is 35.4 Å². The fourth-order valence-corrected chi connectivity index (χ4v) is 5.51. The molecular weight excluding hydrogens is 388 g/mol. The normalized spacial score (nSPS) is 25.8. The van der Waals surface area contributed by atoms with Gasteiger partial charge < -0.3 is 0 Å². The maximum absolute atomic E-state index is 6.41. The first-order chi connectivity index (χ1) is 14.8. The highest BCUT2D eigenvalue weighted by molar-refractivity contribution is 6.33. The second kappa shape index (κ2) is 8.75. The summed E-state index contributed by atoms with van der Waals surface area (Å²) in [5, 5.41) is 0.766. The highest BCUT2D eigenvalue weighted by Crippen LogP contribution is 2.43. The smallest absolute Gasteiger partial charge is 0.0693 e. The first kappa shape index (κ1) is 19.5. The van der Waals surface area contributed by atoms with E-state index in [9.17, 15) is 0 Å². The highest BCUT2D eigenvalue weighted by atomic mass is 35.5. The van der Waals surface area contributed by atoms with Crippen LogP contribution in [0.15, 0.2) is 89.9 Å². The van der Waals surface area contributed by atoms with E-state index in [0.29, 0.717) is 17.9 Å². The SMILES string of the molecule is Clc1ccccc1C=N[C@@H]1C2CCN(CC2)[C@@H]1C(c1ccccc1)c1ccccc1. The van der Waals surface area contributed by atoms with Crippen LogP contribution in [0.5, 0.6) is 0 Å². The Labute approximate surface area is 184 Å². The summed E-state index contributed by atoms with van der Waals surface area (Å²) in [4.78, 5) is 7.88. The zero-order valence-corrected chi connectivity index (χ0v) is 17.8. The second-order valence-corrected chi connectivity index (χ2v) is 8.86. The molecule has 0 unspecified atom stereocenters. The Balaban J connectivity index is 1.56. The van der Waals surface area contributed by atoms with Crippen molar-refractivity contribution in [1.29, 1.82) is 0 Å². The Kier molecular flexibility index (Phi) is 5.70. The maximum Gasteiger partial charge on any atom is 0.0693 e. The van der Waals surface area contributed by atoms with E-state index in [0.717, 1.165) is 10.6 Å². The topological polar surface area (TPSA) is 15.6 Å². The van der Waals surface area contributed by atoms with Crippen LogP contribution in [0.3, 0.4) is 0 Å². The molecule has 3 fully saturated rings. The molecule has 0 aromatic heterocycles. The first-order valence-corrected chi connectivity index (χ1v) is 11.3. The number of aliphatic imine (C=N–C) groups is 1. The Morgan fingerprint density at radius 2 is 1.37 bits per heavy atom. The van der Waals surface area contributed by atoms with Crippen LogP contribution in [0.25, 0.3) is 0 Å². The fourth-order valence-electron chi connectivity index (χ4n) is 5.33. The van der Waals surface area contributed by atoms with Gasteiger partial charge >= 0.3 is 0 Å². The van der Waals surface area contributed by atoms with Crippen molar-refractivity contribution in [3.63, 3.8) is 0 Å². The van der Waals surface area contributed by atoms with E-state index in [1.54, 1.807) is 0 Å². The minimum Gasteiger partial charge on any atom is -0.297 e. The summed E-state index contributed by atoms with van der Waals surface area (Å²) < 4.78 is 0. The van der Waals surface area contributed by atoms with Crippen molar-refractivity contribution in [2.75, 3.05) is 13.1 Å². The summed E-state index contributed by atoms with van der Waals surface area (Å²) in [5.74, 6) is 0.942. The van der Waals surface area contributed by atoms with Gasteiger partial charge in [-0.05, 0) is 49.0 Å². The quantitative estimate of drug-likeness (QED) is 0.464. The third kappa shape index (κ3) is 3.82. The van der Waals surface area contributed by atoms with E-state index in [1.165, 1.54) is 37.1 Å². The monoisotopic (exact) mass is 414 g/mol. The second-order valence-electron chi connectivity index (χ2n) is 8.45. The van der Waals surface area contributed by atoms with Gasteiger partial charge in [-0.15, -0.1) is 0 Å². The standard InChI is InChI=1S/C27H27ClN2/c28-24-14-8-7-13-23(24)19-29-26-22-15-17-30(18-16-22)27(26)25(20-9-3-1-4-10-20)21-11-5-2-6-12-21/h1-14,19,22,25-27H,15-18H2/t26-,27-/m1/s1. The lowest BCUT2D eigenvalue weighted by molar-refractivity contribution is 0.0215. The van der Waals surface area contributed by atoms with Gasteiger partial charge in [-0.3, -0.25) is 9.89 Å². The molecule has 3 heteroatoms. The number of piperidine rings is 3. The molecule has 3 aliphatic heterocycles. The predicted octanol–water partition coefficient (Wildman–Crippen LogP) is 6.05. The number of benzene rings is 3. The molecule has 0 N–H and O–H groups in total. The summed E-state index contributed by atoms with van der Waals surface area (Å²) in [6.07, 6.45) is 4.48. The number of hydrogen-bond acceptors (Lipinski definition) is 2. The molecule has 3 aromatic rings. The molecule has 0 aliphatic carbocycles. The molecule has 30 heavy (non-hydrogen) atoms. The molecule has 2 nitrogen and oxygen atoms in total. The van der Waals surface area contributed by atoms with Crippen LogP contribution in [0.2, 0.25) is 5.02 Å². The molecule has 3 aromatic carbocycles. The molecule has 0 saturated carbocycles. The number of halogens is 1. The minimum absolute atomic E-state index is 0.272. The molecule has 2 atom stereocenters. The van der Waals surface area contributed by atoms with Crippen molar-refractivity contribution in [2.24, 2.45) is 10.9 Å². The van der Waals surface area contributed by atoms with E-state index < -0.39 is 0 Å². The van der Waals surface area contributed by atoms with Crippen LogP contribution in [-0.4, -0.2) is 36.3 Å². The van der Waals surface area contributed by atoms with Crippen LogP contribution in [0, 0.1) is 5.92 Å². The summed E-state index contributed by atoms with van der Waals surface area (Å²) in [6.45, 7) is 2.34. The first-order valence-electron chi connectivity index (χ1n) is 10.9. The van der Waals surface area contributed by atoms with Gasteiger partial charge in [0.1, 0.15) is 0 Å². The highest BCUT2D eigenvalue weighted by Gasteiger charge is 2.46. The van der Waals surface area contributed by atoms with Crippen molar-refractivity contribution in [3.05, 3.63) is 107 Å². The number of rotatable bonds is 5. The van der Waals surface area contributed by atoms with Crippen molar-refractivity contribution >= 4 is 17.8 Å². The number of fused-ring (bicyclic) bond motifs is 3. The summed E-state index contributed by atoms with van der Waals surface area (Å²) >= 11 is 6.41. The molecule has 3 heterocycles. The lowest BCUT2D eigenvalue weighted by Crippen LogP contribution is -2.59. The number of hydrogen-bond donors (Lipinski definition) is 0. The predicted molar refractivity (Wildman–Crippen MR) is 126 cm³/mol. The molecule has 0 spiro atoms. The maximum atomic E-state index is 6.41. The van der Waals surface area contributed by atoms with Gasteiger partial charge in [0, 0.05) is 28.8 Å². The third-order valence-corrected chi connectivity index (χ3v) is 7.12. The Morgan fingerprint density at radius 3 is 1.97 bits per heavy atom. The van der Waals surface area contributed by atoms with E-state index in [2.05, 4.69) is 65.6 Å². The van der Waals surface area contributed by atoms with Crippen molar-refractivity contribution < 1.29 is 0 Å². The van der Waals surface area contributed by atoms with Crippen LogP contribution in [-0.2, 0) is 0 Å². The van der Waals surface area contributed by atoms with Crippen LogP contribution < -0.4 is 0 Å². The fraction of sp³-hybridized carbons (Fsp3) is 0.296. The van der Waals surface area contributed by atoms with Gasteiger partial charge in [0.2, 0.25) is 0 Å². The van der Waals surface area contributed by atoms with Gasteiger partial charge in [0.15, 0.2) is 0 Å². The number of nitrogens with zero attached hydrogens (tertiary/aromatic N) is 2. The average molecular weight is 415 g/mol. The molecule has 152 valence electrons. The lowest BCUT2D eigenvalue weighted by Gasteiger charge is -2.52. The van der Waals surface area contributed by atoms with Gasteiger partial charge in [-0.2, -0.15) is 0 Å².